The van der Waals surface area contributed by atoms with Crippen LogP contribution < -0.4 is 10.6 Å². The van der Waals surface area contributed by atoms with E-state index in [1.54, 1.807) is 6.07 Å². The monoisotopic (exact) mass is 308 g/mol. The van der Waals surface area contributed by atoms with Gasteiger partial charge in [0, 0.05) is 12.6 Å². The number of piperidine rings is 1. The van der Waals surface area contributed by atoms with Gasteiger partial charge in [-0.1, -0.05) is 23.4 Å². The lowest BCUT2D eigenvalue weighted by Crippen LogP contribution is -2.33. The Morgan fingerprint density at radius 2 is 2.39 bits per heavy atom. The summed E-state index contributed by atoms with van der Waals surface area (Å²) in [6, 6.07) is 1.78. The highest BCUT2D eigenvalue weighted by Gasteiger charge is 2.13. The van der Waals surface area contributed by atoms with E-state index in [0.29, 0.717) is 16.2 Å². The Balaban J connectivity index is 0.00000162. The van der Waals surface area contributed by atoms with Crippen LogP contribution in [0.4, 0.5) is 5.82 Å². The van der Waals surface area contributed by atoms with Crippen LogP contribution in [0.3, 0.4) is 0 Å². The molecule has 2 N–H and O–H groups in total. The zero-order valence-corrected chi connectivity index (χ0v) is 12.7. The third-order valence-corrected chi connectivity index (χ3v) is 3.57. The molecule has 2 rings (SSSR count). The lowest BCUT2D eigenvalue weighted by molar-refractivity contribution is 0.392. The fourth-order valence-corrected chi connectivity index (χ4v) is 2.54. The van der Waals surface area contributed by atoms with Crippen molar-refractivity contribution in [2.45, 2.75) is 18.0 Å². The van der Waals surface area contributed by atoms with Crippen molar-refractivity contribution in [2.75, 3.05) is 31.2 Å². The average molecular weight is 309 g/mol. The standard InChI is InChI=1S/C11H17ClN4S.ClH/c1-17-11-15-9(12)5-10(16-11)14-7-8-3-2-4-13-6-8;/h5,8,13H,2-4,6-7H2,1H3,(H,14,15,16);1H. The van der Waals surface area contributed by atoms with E-state index < -0.39 is 0 Å². The summed E-state index contributed by atoms with van der Waals surface area (Å²) in [5.41, 5.74) is 0. The van der Waals surface area contributed by atoms with Crippen molar-refractivity contribution in [1.29, 1.82) is 0 Å². The maximum absolute atomic E-state index is 5.93. The Morgan fingerprint density at radius 3 is 3.06 bits per heavy atom. The lowest BCUT2D eigenvalue weighted by Gasteiger charge is -2.23. The second-order valence-corrected chi connectivity index (χ2v) is 5.32. The van der Waals surface area contributed by atoms with Gasteiger partial charge in [0.05, 0.1) is 0 Å². The third kappa shape index (κ3) is 4.80. The Bertz CT molecular complexity index is 372. The topological polar surface area (TPSA) is 49.8 Å². The number of hydrogen-bond acceptors (Lipinski definition) is 5. The van der Waals surface area contributed by atoms with Crippen molar-refractivity contribution < 1.29 is 0 Å². The number of thioether (sulfide) groups is 1. The third-order valence-electron chi connectivity index (χ3n) is 2.83. The molecular weight excluding hydrogens is 291 g/mol. The largest absolute Gasteiger partial charge is 0.370 e. The van der Waals surface area contributed by atoms with Crippen molar-refractivity contribution in [2.24, 2.45) is 5.92 Å². The first kappa shape index (κ1) is 15.8. The minimum atomic E-state index is 0. The van der Waals surface area contributed by atoms with E-state index in [9.17, 15) is 0 Å². The highest BCUT2D eigenvalue weighted by Crippen LogP contribution is 2.18. The van der Waals surface area contributed by atoms with Crippen LogP contribution in [0.25, 0.3) is 0 Å². The average Bonchev–Trinajstić information content (AvgIpc) is 2.37. The van der Waals surface area contributed by atoms with Crippen LogP contribution in [0.15, 0.2) is 11.2 Å². The Morgan fingerprint density at radius 1 is 1.56 bits per heavy atom. The van der Waals surface area contributed by atoms with Gasteiger partial charge in [0.1, 0.15) is 11.0 Å². The number of nitrogens with zero attached hydrogens (tertiary/aromatic N) is 2. The molecule has 1 aliphatic rings. The van der Waals surface area contributed by atoms with E-state index >= 15 is 0 Å². The molecule has 18 heavy (non-hydrogen) atoms. The molecule has 0 radical (unpaired) electrons. The summed E-state index contributed by atoms with van der Waals surface area (Å²) >= 11 is 7.43. The van der Waals surface area contributed by atoms with Gasteiger partial charge in [0.2, 0.25) is 0 Å². The molecule has 2 heterocycles. The molecule has 0 saturated carbocycles. The van der Waals surface area contributed by atoms with Crippen LogP contribution >= 0.6 is 35.8 Å². The van der Waals surface area contributed by atoms with Crippen LogP contribution in [-0.4, -0.2) is 35.9 Å². The molecule has 1 fully saturated rings. The van der Waals surface area contributed by atoms with E-state index in [1.807, 2.05) is 6.26 Å². The van der Waals surface area contributed by atoms with Gasteiger partial charge in [-0.15, -0.1) is 12.4 Å². The van der Waals surface area contributed by atoms with Crippen LogP contribution in [0, 0.1) is 5.92 Å². The van der Waals surface area contributed by atoms with Gasteiger partial charge >= 0.3 is 0 Å². The second kappa shape index (κ2) is 8.04. The molecule has 0 aromatic carbocycles. The molecule has 0 spiro atoms. The molecule has 0 bridgehead atoms. The van der Waals surface area contributed by atoms with Gasteiger partial charge in [0.25, 0.3) is 0 Å². The molecule has 1 aromatic heterocycles. The maximum Gasteiger partial charge on any atom is 0.190 e. The van der Waals surface area contributed by atoms with Gasteiger partial charge < -0.3 is 10.6 Å². The first-order valence-corrected chi connectivity index (χ1v) is 7.41. The fraction of sp³-hybridized carbons (Fsp3) is 0.636. The summed E-state index contributed by atoms with van der Waals surface area (Å²) in [7, 11) is 0. The van der Waals surface area contributed by atoms with Crippen LogP contribution in [0.1, 0.15) is 12.8 Å². The summed E-state index contributed by atoms with van der Waals surface area (Å²) < 4.78 is 0. The number of anilines is 1. The minimum absolute atomic E-state index is 0. The molecule has 1 unspecified atom stereocenters. The Hall–Kier alpha value is -0.230. The summed E-state index contributed by atoms with van der Waals surface area (Å²) in [5.74, 6) is 1.50. The number of nitrogens with one attached hydrogen (secondary N) is 2. The van der Waals surface area contributed by atoms with Crippen molar-refractivity contribution in [3.05, 3.63) is 11.2 Å². The van der Waals surface area contributed by atoms with Crippen LogP contribution in [0.5, 0.6) is 0 Å². The highest BCUT2D eigenvalue weighted by atomic mass is 35.5. The molecule has 1 aromatic rings. The fourth-order valence-electron chi connectivity index (χ4n) is 1.93. The van der Waals surface area contributed by atoms with E-state index in [4.69, 9.17) is 11.6 Å². The van der Waals surface area contributed by atoms with Crippen molar-refractivity contribution >= 4 is 41.6 Å². The quantitative estimate of drug-likeness (QED) is 0.509. The van der Waals surface area contributed by atoms with Crippen molar-refractivity contribution in [3.63, 3.8) is 0 Å². The zero-order valence-electron chi connectivity index (χ0n) is 10.3. The van der Waals surface area contributed by atoms with Gasteiger partial charge in [0.15, 0.2) is 5.16 Å². The zero-order chi connectivity index (χ0) is 12.1. The predicted octanol–water partition coefficient (Wildman–Crippen LogP) is 2.69. The van der Waals surface area contributed by atoms with E-state index in [-0.39, 0.29) is 12.4 Å². The minimum Gasteiger partial charge on any atom is -0.370 e. The molecule has 1 aliphatic heterocycles. The predicted molar refractivity (Wildman–Crippen MR) is 80.2 cm³/mol. The van der Waals surface area contributed by atoms with E-state index in [1.165, 1.54) is 24.6 Å². The molecule has 1 atom stereocenters. The number of aromatic nitrogens is 2. The second-order valence-electron chi connectivity index (χ2n) is 4.16. The summed E-state index contributed by atoms with van der Waals surface area (Å²) in [6.07, 6.45) is 4.47. The molecular formula is C11H18Cl2N4S. The van der Waals surface area contributed by atoms with Crippen LogP contribution in [0.2, 0.25) is 5.15 Å². The molecule has 7 heteroatoms. The van der Waals surface area contributed by atoms with Crippen molar-refractivity contribution in [1.82, 2.24) is 15.3 Å². The molecule has 102 valence electrons. The summed E-state index contributed by atoms with van der Waals surface area (Å²) in [5, 5.41) is 7.95. The van der Waals surface area contributed by atoms with Crippen LogP contribution in [-0.2, 0) is 0 Å². The molecule has 0 amide bonds. The first-order valence-electron chi connectivity index (χ1n) is 5.81. The first-order chi connectivity index (χ1) is 8.28. The number of hydrogen-bond donors (Lipinski definition) is 2. The van der Waals surface area contributed by atoms with Gasteiger partial charge in [-0.3, -0.25) is 0 Å². The summed E-state index contributed by atoms with van der Waals surface area (Å²) in [4.78, 5) is 8.48. The van der Waals surface area contributed by atoms with Gasteiger partial charge in [-0.2, -0.15) is 0 Å². The molecule has 1 saturated heterocycles. The normalized spacial score (nSPS) is 19.1. The molecule has 0 aliphatic carbocycles. The lowest BCUT2D eigenvalue weighted by atomic mass is 10.00. The number of rotatable bonds is 4. The summed E-state index contributed by atoms with van der Waals surface area (Å²) in [6.45, 7) is 3.17. The number of halogens is 2. The van der Waals surface area contributed by atoms with Crippen molar-refractivity contribution in [3.8, 4) is 0 Å². The smallest absolute Gasteiger partial charge is 0.190 e. The Labute approximate surface area is 123 Å². The highest BCUT2D eigenvalue weighted by molar-refractivity contribution is 7.98. The Kier molecular flexibility index (Phi) is 7.07. The SMILES string of the molecule is CSc1nc(Cl)cc(NCC2CCCNC2)n1.Cl. The van der Waals surface area contributed by atoms with E-state index in [2.05, 4.69) is 20.6 Å². The maximum atomic E-state index is 5.93. The molecule has 4 nitrogen and oxygen atoms in total. The van der Waals surface area contributed by atoms with Gasteiger partial charge in [-0.25, -0.2) is 9.97 Å². The van der Waals surface area contributed by atoms with Gasteiger partial charge in [-0.05, 0) is 38.1 Å². The van der Waals surface area contributed by atoms with E-state index in [0.717, 1.165) is 25.5 Å².